The molecule has 0 unspecified atom stereocenters. The molecule has 148 valence electrons. The molecule has 4 aromatic rings. The number of rotatable bonds is 6. The summed E-state index contributed by atoms with van der Waals surface area (Å²) in [4.78, 5) is 8.13. The summed E-state index contributed by atoms with van der Waals surface area (Å²) < 4.78 is 12.9. The Labute approximate surface area is 179 Å². The van der Waals surface area contributed by atoms with Crippen LogP contribution in [0, 0.1) is 13.8 Å². The zero-order valence-corrected chi connectivity index (χ0v) is 18.3. The van der Waals surface area contributed by atoms with Gasteiger partial charge < -0.3 is 14.5 Å². The lowest BCUT2D eigenvalue weighted by atomic mass is 10.1. The summed E-state index contributed by atoms with van der Waals surface area (Å²) in [7, 11) is 0. The molecule has 0 spiro atoms. The lowest BCUT2D eigenvalue weighted by molar-refractivity contribution is 0.267. The molecule has 0 amide bonds. The van der Waals surface area contributed by atoms with Crippen LogP contribution in [0.4, 0.5) is 0 Å². The average molecular weight is 451 g/mol. The second-order valence-corrected chi connectivity index (χ2v) is 7.89. The quantitative estimate of drug-likeness (QED) is 0.360. The maximum absolute atomic E-state index is 6.15. The SMILES string of the molecule is CCOc1cc(-c2nc3ccc(C)cc3[nH]2)cc(Br)c1OCc1ccccc1C. The van der Waals surface area contributed by atoms with Gasteiger partial charge in [0.15, 0.2) is 11.5 Å². The molecule has 0 bridgehead atoms. The van der Waals surface area contributed by atoms with Crippen molar-refractivity contribution in [3.05, 3.63) is 75.8 Å². The second-order valence-electron chi connectivity index (χ2n) is 7.04. The first-order chi connectivity index (χ1) is 14.0. The number of nitrogens with zero attached hydrogens (tertiary/aromatic N) is 1. The van der Waals surface area contributed by atoms with E-state index in [0.717, 1.165) is 32.5 Å². The highest BCUT2D eigenvalue weighted by atomic mass is 79.9. The lowest BCUT2D eigenvalue weighted by Crippen LogP contribution is -2.02. The fraction of sp³-hybridized carbons (Fsp3) is 0.208. The minimum absolute atomic E-state index is 0.481. The topological polar surface area (TPSA) is 47.1 Å². The van der Waals surface area contributed by atoms with Crippen LogP contribution in [0.5, 0.6) is 11.5 Å². The van der Waals surface area contributed by atoms with E-state index in [0.29, 0.717) is 24.7 Å². The Bertz CT molecular complexity index is 1170. The summed E-state index contributed by atoms with van der Waals surface area (Å²) in [6.07, 6.45) is 0. The Hall–Kier alpha value is -2.79. The van der Waals surface area contributed by atoms with Crippen molar-refractivity contribution in [2.75, 3.05) is 6.61 Å². The van der Waals surface area contributed by atoms with Crippen LogP contribution < -0.4 is 9.47 Å². The number of ether oxygens (including phenoxy) is 2. The van der Waals surface area contributed by atoms with Gasteiger partial charge in [-0.2, -0.15) is 0 Å². The number of aryl methyl sites for hydroxylation is 2. The Kier molecular flexibility index (Phi) is 5.58. The molecule has 0 aliphatic rings. The van der Waals surface area contributed by atoms with Gasteiger partial charge in [0.1, 0.15) is 12.4 Å². The third kappa shape index (κ3) is 4.15. The average Bonchev–Trinajstić information content (AvgIpc) is 3.12. The molecule has 4 nitrogen and oxygen atoms in total. The van der Waals surface area contributed by atoms with E-state index in [-0.39, 0.29) is 0 Å². The fourth-order valence-corrected chi connectivity index (χ4v) is 3.85. The van der Waals surface area contributed by atoms with Crippen molar-refractivity contribution in [1.29, 1.82) is 0 Å². The van der Waals surface area contributed by atoms with E-state index in [4.69, 9.17) is 14.5 Å². The molecule has 5 heteroatoms. The first-order valence-electron chi connectivity index (χ1n) is 9.65. The highest BCUT2D eigenvalue weighted by Gasteiger charge is 2.16. The summed E-state index contributed by atoms with van der Waals surface area (Å²) in [5, 5.41) is 0. The van der Waals surface area contributed by atoms with Crippen molar-refractivity contribution in [1.82, 2.24) is 9.97 Å². The predicted octanol–water partition coefficient (Wildman–Crippen LogP) is 6.59. The minimum atomic E-state index is 0.481. The molecule has 3 aromatic carbocycles. The molecule has 0 aliphatic carbocycles. The number of imidazole rings is 1. The second kappa shape index (κ2) is 8.29. The monoisotopic (exact) mass is 450 g/mol. The number of hydrogen-bond acceptors (Lipinski definition) is 3. The Morgan fingerprint density at radius 2 is 1.83 bits per heavy atom. The number of halogens is 1. The molecule has 0 saturated heterocycles. The van der Waals surface area contributed by atoms with Crippen molar-refractivity contribution in [2.45, 2.75) is 27.4 Å². The highest BCUT2D eigenvalue weighted by molar-refractivity contribution is 9.10. The molecule has 0 radical (unpaired) electrons. The van der Waals surface area contributed by atoms with E-state index < -0.39 is 0 Å². The minimum Gasteiger partial charge on any atom is -0.490 e. The van der Waals surface area contributed by atoms with Crippen molar-refractivity contribution in [3.8, 4) is 22.9 Å². The van der Waals surface area contributed by atoms with E-state index in [1.54, 1.807) is 0 Å². The van der Waals surface area contributed by atoms with Gasteiger partial charge in [0.25, 0.3) is 0 Å². The molecule has 1 N–H and O–H groups in total. The molecule has 4 rings (SSSR count). The smallest absolute Gasteiger partial charge is 0.175 e. The van der Waals surface area contributed by atoms with Gasteiger partial charge in [-0.05, 0) is 77.7 Å². The van der Waals surface area contributed by atoms with Crippen molar-refractivity contribution in [3.63, 3.8) is 0 Å². The molecule has 0 fully saturated rings. The summed E-state index contributed by atoms with van der Waals surface area (Å²) in [5.41, 5.74) is 6.46. The van der Waals surface area contributed by atoms with Crippen molar-refractivity contribution < 1.29 is 9.47 Å². The number of nitrogens with one attached hydrogen (secondary N) is 1. The third-order valence-corrected chi connectivity index (χ3v) is 5.44. The van der Waals surface area contributed by atoms with Gasteiger partial charge >= 0.3 is 0 Å². The largest absolute Gasteiger partial charge is 0.490 e. The number of H-pyrrole nitrogens is 1. The molecular formula is C24H23BrN2O2. The van der Waals surface area contributed by atoms with Crippen LogP contribution in [-0.2, 0) is 6.61 Å². The van der Waals surface area contributed by atoms with Gasteiger partial charge in [-0.1, -0.05) is 30.3 Å². The molecule has 0 atom stereocenters. The number of aromatic amines is 1. The Morgan fingerprint density at radius 1 is 1.00 bits per heavy atom. The van der Waals surface area contributed by atoms with Crippen molar-refractivity contribution in [2.24, 2.45) is 0 Å². The zero-order valence-electron chi connectivity index (χ0n) is 16.8. The van der Waals surface area contributed by atoms with Gasteiger partial charge in [-0.3, -0.25) is 0 Å². The first kappa shape index (κ1) is 19.5. The standard InChI is InChI=1S/C24H23BrN2O2/c1-4-28-22-13-18(24-26-20-10-9-15(2)11-21(20)27-24)12-19(25)23(22)29-14-17-8-6-5-7-16(17)3/h5-13H,4,14H2,1-3H3,(H,26,27). The fourth-order valence-electron chi connectivity index (χ4n) is 3.29. The maximum Gasteiger partial charge on any atom is 0.175 e. The van der Waals surface area contributed by atoms with Crippen molar-refractivity contribution >= 4 is 27.0 Å². The van der Waals surface area contributed by atoms with Gasteiger partial charge in [-0.15, -0.1) is 0 Å². The van der Waals surface area contributed by atoms with Crippen LogP contribution in [0.25, 0.3) is 22.4 Å². The highest BCUT2D eigenvalue weighted by Crippen LogP contribution is 2.40. The number of fused-ring (bicyclic) bond motifs is 1. The lowest BCUT2D eigenvalue weighted by Gasteiger charge is -2.16. The van der Waals surface area contributed by atoms with E-state index in [1.807, 2.05) is 37.3 Å². The summed E-state index contributed by atoms with van der Waals surface area (Å²) in [6, 6.07) is 18.4. The Morgan fingerprint density at radius 3 is 2.62 bits per heavy atom. The summed E-state index contributed by atoms with van der Waals surface area (Å²) in [5.74, 6) is 2.20. The van der Waals surface area contributed by atoms with E-state index in [1.165, 1.54) is 11.1 Å². The van der Waals surface area contributed by atoms with E-state index in [2.05, 4.69) is 59.0 Å². The normalized spacial score (nSPS) is 11.0. The maximum atomic E-state index is 6.15. The van der Waals surface area contributed by atoms with Crippen LogP contribution in [0.15, 0.2) is 59.1 Å². The van der Waals surface area contributed by atoms with Gasteiger partial charge in [0.05, 0.1) is 22.1 Å². The number of benzene rings is 3. The third-order valence-electron chi connectivity index (χ3n) is 4.85. The van der Waals surface area contributed by atoms with Crippen LogP contribution in [0.2, 0.25) is 0 Å². The molecule has 29 heavy (non-hydrogen) atoms. The Balaban J connectivity index is 1.69. The van der Waals surface area contributed by atoms with Gasteiger partial charge in [-0.25, -0.2) is 4.98 Å². The van der Waals surface area contributed by atoms with Crippen LogP contribution in [0.3, 0.4) is 0 Å². The summed E-state index contributed by atoms with van der Waals surface area (Å²) >= 11 is 3.67. The van der Waals surface area contributed by atoms with E-state index >= 15 is 0 Å². The van der Waals surface area contributed by atoms with Crippen LogP contribution >= 0.6 is 15.9 Å². The predicted molar refractivity (Wildman–Crippen MR) is 121 cm³/mol. The molecule has 1 heterocycles. The number of aromatic nitrogens is 2. The van der Waals surface area contributed by atoms with Gasteiger partial charge in [0, 0.05) is 5.56 Å². The van der Waals surface area contributed by atoms with Crippen LogP contribution in [-0.4, -0.2) is 16.6 Å². The molecular weight excluding hydrogens is 428 g/mol. The number of hydrogen-bond donors (Lipinski definition) is 1. The first-order valence-corrected chi connectivity index (χ1v) is 10.4. The zero-order chi connectivity index (χ0) is 20.4. The molecule has 0 aliphatic heterocycles. The van der Waals surface area contributed by atoms with E-state index in [9.17, 15) is 0 Å². The van der Waals surface area contributed by atoms with Crippen LogP contribution in [0.1, 0.15) is 23.6 Å². The molecule has 1 aromatic heterocycles. The van der Waals surface area contributed by atoms with Gasteiger partial charge in [0.2, 0.25) is 0 Å². The molecule has 0 saturated carbocycles. The summed E-state index contributed by atoms with van der Waals surface area (Å²) in [6.45, 7) is 7.16.